The van der Waals surface area contributed by atoms with Crippen molar-refractivity contribution in [3.05, 3.63) is 34.8 Å². The Bertz CT molecular complexity index is 1210. The monoisotopic (exact) mass is 567 g/mol. The van der Waals surface area contributed by atoms with Crippen LogP contribution in [0.25, 0.3) is 0 Å². The number of pyridine rings is 1. The summed E-state index contributed by atoms with van der Waals surface area (Å²) in [6.45, 7) is 6.76. The molecular formula is C30H45N7O4. The summed E-state index contributed by atoms with van der Waals surface area (Å²) in [6.07, 6.45) is 7.89. The number of nitrogens with one attached hydrogen (secondary N) is 3. The lowest BCUT2D eigenvalue weighted by molar-refractivity contribution is -0.139. The van der Waals surface area contributed by atoms with E-state index in [0.717, 1.165) is 93.9 Å². The lowest BCUT2D eigenvalue weighted by Gasteiger charge is -2.34. The molecule has 2 aromatic heterocycles. The highest BCUT2D eigenvalue weighted by Crippen LogP contribution is 2.33. The van der Waals surface area contributed by atoms with E-state index >= 15 is 0 Å². The molecule has 0 bridgehead atoms. The van der Waals surface area contributed by atoms with Gasteiger partial charge in [0.25, 0.3) is 0 Å². The van der Waals surface area contributed by atoms with Gasteiger partial charge in [-0.25, -0.2) is 24.5 Å². The number of aryl methyl sites for hydroxylation is 2. The number of fused-ring (bicyclic) bond motifs is 1. The molecule has 0 aromatic carbocycles. The highest BCUT2D eigenvalue weighted by atomic mass is 16.5. The summed E-state index contributed by atoms with van der Waals surface area (Å²) in [7, 11) is 0. The van der Waals surface area contributed by atoms with E-state index in [-0.39, 0.29) is 14.0 Å². The van der Waals surface area contributed by atoms with Crippen LogP contribution in [-0.2, 0) is 16.0 Å². The number of carboxylic acid groups (broad SMARTS) is 1. The predicted octanol–water partition coefficient (Wildman–Crippen LogP) is 4.65. The molecule has 1 saturated heterocycles. The maximum absolute atomic E-state index is 12.2. The van der Waals surface area contributed by atoms with Gasteiger partial charge in [-0.1, -0.05) is 26.3 Å². The molecular weight excluding hydrogens is 522 g/mol. The van der Waals surface area contributed by atoms with Gasteiger partial charge < -0.3 is 30.7 Å². The lowest BCUT2D eigenvalue weighted by Crippen LogP contribution is -2.46. The molecule has 41 heavy (non-hydrogen) atoms. The lowest BCUT2D eigenvalue weighted by atomic mass is 9.92. The number of carboxylic acids is 1. The molecule has 0 spiro atoms. The molecule has 2 fully saturated rings. The van der Waals surface area contributed by atoms with Crippen LogP contribution in [-0.4, -0.2) is 70.9 Å². The minimum atomic E-state index is -1.15. The predicted molar refractivity (Wildman–Crippen MR) is 160 cm³/mol. The number of piperidine rings is 1. The average molecular weight is 568 g/mol. The number of anilines is 3. The van der Waals surface area contributed by atoms with Gasteiger partial charge in [0.15, 0.2) is 0 Å². The molecule has 3 aliphatic rings. The number of hydrogen-bond acceptors (Lipinski definition) is 9. The number of nitrogens with zero attached hydrogens (tertiary/aromatic N) is 4. The summed E-state index contributed by atoms with van der Waals surface area (Å²) < 4.78 is 5.29. The van der Waals surface area contributed by atoms with Crippen molar-refractivity contribution in [1.29, 1.82) is 0 Å². The highest BCUT2D eigenvalue weighted by molar-refractivity contribution is 5.80. The molecule has 11 nitrogen and oxygen atoms in total. The Balaban J connectivity index is 0.00000387. The molecule has 1 aliphatic carbocycles. The van der Waals surface area contributed by atoms with E-state index in [4.69, 9.17) is 14.7 Å². The van der Waals surface area contributed by atoms with Crippen LogP contribution < -0.4 is 20.9 Å². The van der Waals surface area contributed by atoms with Crippen molar-refractivity contribution < 1.29 is 19.4 Å². The first-order chi connectivity index (χ1) is 19.4. The first-order valence-electron chi connectivity index (χ1n) is 14.6. The SMILES string of the molecule is C.Cc1nc(NC[C@H](NC(=O)OCC2CCCC2)C(=O)O)c(C)c(N2CCC(c3ccc4c(n3)NCCC4)CC2)n1. The van der Waals surface area contributed by atoms with Crippen LogP contribution in [0.1, 0.15) is 80.9 Å². The Morgan fingerprint density at radius 3 is 2.59 bits per heavy atom. The second kappa shape index (κ2) is 13.8. The minimum absolute atomic E-state index is 0. The molecule has 5 rings (SSSR count). The van der Waals surface area contributed by atoms with Crippen LogP contribution in [0.15, 0.2) is 12.1 Å². The van der Waals surface area contributed by atoms with Crippen LogP contribution in [0.2, 0.25) is 0 Å². The Labute approximate surface area is 242 Å². The van der Waals surface area contributed by atoms with Gasteiger partial charge in [0.05, 0.1) is 6.61 Å². The van der Waals surface area contributed by atoms with E-state index in [1.807, 2.05) is 13.8 Å². The third-order valence-electron chi connectivity index (χ3n) is 8.35. The number of amides is 1. The van der Waals surface area contributed by atoms with Crippen LogP contribution in [0, 0.1) is 19.8 Å². The van der Waals surface area contributed by atoms with Crippen LogP contribution in [0.3, 0.4) is 0 Å². The van der Waals surface area contributed by atoms with E-state index in [0.29, 0.717) is 30.1 Å². The molecule has 224 valence electrons. The third kappa shape index (κ3) is 7.56. The highest BCUT2D eigenvalue weighted by Gasteiger charge is 2.27. The quantitative estimate of drug-likeness (QED) is 0.338. The van der Waals surface area contributed by atoms with E-state index in [1.165, 1.54) is 5.56 Å². The fraction of sp³-hybridized carbons (Fsp3) is 0.633. The molecule has 11 heteroatoms. The number of carbonyl (C=O) groups is 2. The van der Waals surface area contributed by atoms with Gasteiger partial charge in [0, 0.05) is 43.4 Å². The van der Waals surface area contributed by atoms with E-state index in [2.05, 4.69) is 38.0 Å². The zero-order chi connectivity index (χ0) is 28.1. The third-order valence-corrected chi connectivity index (χ3v) is 8.35. The summed E-state index contributed by atoms with van der Waals surface area (Å²) >= 11 is 0. The van der Waals surface area contributed by atoms with Gasteiger partial charge in [0.2, 0.25) is 0 Å². The maximum Gasteiger partial charge on any atom is 0.407 e. The first-order valence-corrected chi connectivity index (χ1v) is 14.6. The molecule has 4 heterocycles. The van der Waals surface area contributed by atoms with Gasteiger partial charge >= 0.3 is 12.1 Å². The number of carbonyl (C=O) groups excluding carboxylic acids is 1. The van der Waals surface area contributed by atoms with Gasteiger partial charge in [0.1, 0.15) is 29.3 Å². The fourth-order valence-electron chi connectivity index (χ4n) is 6.00. The summed E-state index contributed by atoms with van der Waals surface area (Å²) in [5, 5.41) is 18.7. The zero-order valence-corrected chi connectivity index (χ0v) is 23.5. The number of ether oxygens (including phenoxy) is 1. The standard InChI is InChI=1S/C29H41N7O4.CH4/c1-18-25(31-16-24(28(37)38)35-29(39)40-17-20-6-3-4-7-20)32-19(2)33-27(18)36-14-11-21(12-15-36)23-10-9-22-8-5-13-30-26(22)34-23;/h9-10,20-21,24H,3-8,11-17H2,1-2H3,(H,30,34)(H,35,39)(H,37,38)(H,31,32,33);1H4/t24-;/m0./s1. The molecule has 2 aliphatic heterocycles. The van der Waals surface area contributed by atoms with Crippen molar-refractivity contribution in [2.45, 2.75) is 84.6 Å². The van der Waals surface area contributed by atoms with Crippen molar-refractivity contribution in [1.82, 2.24) is 20.3 Å². The van der Waals surface area contributed by atoms with Crippen molar-refractivity contribution in [2.24, 2.45) is 5.92 Å². The summed E-state index contributed by atoms with van der Waals surface area (Å²) in [5.74, 6) is 2.70. The van der Waals surface area contributed by atoms with Crippen LogP contribution in [0.4, 0.5) is 22.2 Å². The largest absolute Gasteiger partial charge is 0.480 e. The van der Waals surface area contributed by atoms with Gasteiger partial charge in [-0.15, -0.1) is 0 Å². The van der Waals surface area contributed by atoms with Crippen LogP contribution in [0.5, 0.6) is 0 Å². The summed E-state index contributed by atoms with van der Waals surface area (Å²) in [4.78, 5) is 40.6. The Kier molecular flexibility index (Phi) is 10.2. The zero-order valence-electron chi connectivity index (χ0n) is 23.5. The number of rotatable bonds is 9. The Morgan fingerprint density at radius 2 is 1.85 bits per heavy atom. The first kappa shape index (κ1) is 30.3. The molecule has 0 radical (unpaired) electrons. The maximum atomic E-state index is 12.2. The van der Waals surface area contributed by atoms with Crippen LogP contribution >= 0.6 is 0 Å². The van der Waals surface area contributed by atoms with Crippen molar-refractivity contribution in [3.63, 3.8) is 0 Å². The van der Waals surface area contributed by atoms with Crippen molar-refractivity contribution in [2.75, 3.05) is 48.3 Å². The Hall–Kier alpha value is -3.63. The summed E-state index contributed by atoms with van der Waals surface area (Å²) in [6, 6.07) is 3.26. The number of aliphatic carboxylic acids is 1. The topological polar surface area (TPSA) is 142 Å². The molecule has 1 saturated carbocycles. The normalized spacial score (nSPS) is 18.0. The molecule has 1 amide bonds. The second-order valence-corrected chi connectivity index (χ2v) is 11.3. The number of hydrogen-bond donors (Lipinski definition) is 4. The van der Waals surface area contributed by atoms with Gasteiger partial charge in [-0.3, -0.25) is 0 Å². The fourth-order valence-corrected chi connectivity index (χ4v) is 6.00. The number of alkyl carbamates (subject to hydrolysis) is 1. The van der Waals surface area contributed by atoms with E-state index < -0.39 is 18.1 Å². The summed E-state index contributed by atoms with van der Waals surface area (Å²) in [5.41, 5.74) is 3.31. The molecule has 1 atom stereocenters. The van der Waals surface area contributed by atoms with E-state index in [1.54, 1.807) is 0 Å². The minimum Gasteiger partial charge on any atom is -0.480 e. The van der Waals surface area contributed by atoms with Crippen molar-refractivity contribution >= 4 is 29.5 Å². The van der Waals surface area contributed by atoms with E-state index in [9.17, 15) is 14.7 Å². The van der Waals surface area contributed by atoms with Gasteiger partial charge in [-0.2, -0.15) is 0 Å². The Morgan fingerprint density at radius 1 is 1.10 bits per heavy atom. The second-order valence-electron chi connectivity index (χ2n) is 11.3. The average Bonchev–Trinajstić information content (AvgIpc) is 3.49. The van der Waals surface area contributed by atoms with Gasteiger partial charge in [-0.05, 0) is 69.9 Å². The smallest absolute Gasteiger partial charge is 0.407 e. The van der Waals surface area contributed by atoms with Crippen molar-refractivity contribution in [3.8, 4) is 0 Å². The molecule has 2 aromatic rings. The molecule has 0 unspecified atom stereocenters. The number of aromatic nitrogens is 3. The molecule has 4 N–H and O–H groups in total.